The van der Waals surface area contributed by atoms with Crippen LogP contribution in [0.2, 0.25) is 5.02 Å². The predicted octanol–water partition coefficient (Wildman–Crippen LogP) is 4.12. The van der Waals surface area contributed by atoms with Gasteiger partial charge >= 0.3 is 0 Å². The molecule has 4 rings (SSSR count). The molecule has 0 bridgehead atoms. The number of thiazole rings is 1. The number of ether oxygens (including phenoxy) is 1. The zero-order chi connectivity index (χ0) is 19.0. The number of hydrogen-bond donors (Lipinski definition) is 1. The number of halogens is 2. The zero-order valence-corrected chi connectivity index (χ0v) is 15.6. The molecule has 0 amide bonds. The summed E-state index contributed by atoms with van der Waals surface area (Å²) in [4.78, 5) is 28.4. The molecule has 6 nitrogen and oxygen atoms in total. The van der Waals surface area contributed by atoms with Gasteiger partial charge in [0.15, 0.2) is 0 Å². The van der Waals surface area contributed by atoms with E-state index in [0.717, 1.165) is 5.01 Å². The molecule has 0 aliphatic heterocycles. The fraction of sp³-hybridized carbons (Fsp3) is 0.111. The van der Waals surface area contributed by atoms with Crippen LogP contribution in [0.1, 0.15) is 10.8 Å². The van der Waals surface area contributed by atoms with Gasteiger partial charge < -0.3 is 9.72 Å². The molecule has 0 saturated carbocycles. The number of rotatable bonds is 4. The maximum absolute atomic E-state index is 13.2. The van der Waals surface area contributed by atoms with Crippen molar-refractivity contribution in [3.8, 4) is 17.1 Å². The average Bonchev–Trinajstić information content (AvgIpc) is 3.08. The molecule has 0 radical (unpaired) electrons. The number of H-pyrrole nitrogens is 1. The first kappa shape index (κ1) is 17.6. The van der Waals surface area contributed by atoms with Crippen LogP contribution >= 0.6 is 22.9 Å². The van der Waals surface area contributed by atoms with E-state index in [9.17, 15) is 9.18 Å². The number of pyridine rings is 1. The molecule has 136 valence electrons. The maximum Gasteiger partial charge on any atom is 0.258 e. The van der Waals surface area contributed by atoms with E-state index in [-0.39, 0.29) is 17.2 Å². The molecule has 0 fully saturated rings. The Kier molecular flexibility index (Phi) is 4.59. The topological polar surface area (TPSA) is 80.8 Å². The number of aromatic nitrogens is 4. The monoisotopic (exact) mass is 402 g/mol. The number of aryl methyl sites for hydroxylation is 1. The van der Waals surface area contributed by atoms with Crippen LogP contribution in [0.15, 0.2) is 40.6 Å². The Hall–Kier alpha value is -2.84. The van der Waals surface area contributed by atoms with Gasteiger partial charge in [0.2, 0.25) is 0 Å². The Morgan fingerprint density at radius 2 is 2.15 bits per heavy atom. The minimum atomic E-state index is -0.532. The molecule has 3 heterocycles. The summed E-state index contributed by atoms with van der Waals surface area (Å²) in [5, 5.41) is 3.14. The molecule has 0 aliphatic rings. The Labute approximate surface area is 161 Å². The number of aromatic amines is 1. The summed E-state index contributed by atoms with van der Waals surface area (Å²) in [6, 6.07) is 5.63. The minimum absolute atomic E-state index is 0.0163. The van der Waals surface area contributed by atoms with Gasteiger partial charge in [-0.1, -0.05) is 11.6 Å². The van der Waals surface area contributed by atoms with Gasteiger partial charge in [0.1, 0.15) is 40.9 Å². The van der Waals surface area contributed by atoms with E-state index in [0.29, 0.717) is 33.9 Å². The van der Waals surface area contributed by atoms with Gasteiger partial charge in [-0.2, -0.15) is 0 Å². The SMILES string of the molecule is Cc1nc(-c2nccc3c(=O)[nH]c(COc4ccc(F)c(Cl)c4)nc23)cs1. The van der Waals surface area contributed by atoms with E-state index in [4.69, 9.17) is 16.3 Å². The van der Waals surface area contributed by atoms with Crippen molar-refractivity contribution in [2.24, 2.45) is 0 Å². The highest BCUT2D eigenvalue weighted by molar-refractivity contribution is 7.09. The molecule has 0 spiro atoms. The van der Waals surface area contributed by atoms with Crippen LogP contribution in [0.25, 0.3) is 22.3 Å². The second-order valence-electron chi connectivity index (χ2n) is 5.68. The van der Waals surface area contributed by atoms with Crippen LogP contribution in [-0.2, 0) is 6.61 Å². The van der Waals surface area contributed by atoms with Crippen LogP contribution in [0.3, 0.4) is 0 Å². The molecule has 1 aromatic carbocycles. The Bertz CT molecular complexity index is 1210. The molecule has 0 unspecified atom stereocenters. The molecule has 4 aromatic rings. The van der Waals surface area contributed by atoms with Crippen molar-refractivity contribution in [3.63, 3.8) is 0 Å². The average molecular weight is 403 g/mol. The van der Waals surface area contributed by atoms with Crippen molar-refractivity contribution < 1.29 is 9.13 Å². The normalized spacial score (nSPS) is 11.1. The summed E-state index contributed by atoms with van der Waals surface area (Å²) in [5.41, 5.74) is 1.35. The smallest absolute Gasteiger partial charge is 0.258 e. The summed E-state index contributed by atoms with van der Waals surface area (Å²) in [6.07, 6.45) is 1.56. The maximum atomic E-state index is 13.2. The Morgan fingerprint density at radius 1 is 1.30 bits per heavy atom. The quantitative estimate of drug-likeness (QED) is 0.555. The van der Waals surface area contributed by atoms with Crippen LogP contribution in [0.5, 0.6) is 5.75 Å². The molecule has 0 saturated heterocycles. The van der Waals surface area contributed by atoms with Crippen molar-refractivity contribution in [2.75, 3.05) is 0 Å². The van der Waals surface area contributed by atoms with Crippen molar-refractivity contribution >= 4 is 33.8 Å². The highest BCUT2D eigenvalue weighted by Crippen LogP contribution is 2.25. The van der Waals surface area contributed by atoms with Gasteiger partial charge in [0, 0.05) is 17.6 Å². The highest BCUT2D eigenvalue weighted by atomic mass is 35.5. The molecule has 27 heavy (non-hydrogen) atoms. The van der Waals surface area contributed by atoms with E-state index in [1.165, 1.54) is 29.5 Å². The predicted molar refractivity (Wildman–Crippen MR) is 102 cm³/mol. The minimum Gasteiger partial charge on any atom is -0.486 e. The van der Waals surface area contributed by atoms with E-state index >= 15 is 0 Å². The fourth-order valence-corrected chi connectivity index (χ4v) is 3.33. The number of nitrogens with one attached hydrogen (secondary N) is 1. The van der Waals surface area contributed by atoms with Crippen molar-refractivity contribution in [1.29, 1.82) is 0 Å². The lowest BCUT2D eigenvalue weighted by atomic mass is 10.2. The molecule has 3 aromatic heterocycles. The fourth-order valence-electron chi connectivity index (χ4n) is 2.56. The summed E-state index contributed by atoms with van der Waals surface area (Å²) in [5.74, 6) is 0.148. The lowest BCUT2D eigenvalue weighted by molar-refractivity contribution is 0.295. The van der Waals surface area contributed by atoms with Crippen LogP contribution < -0.4 is 10.3 Å². The van der Waals surface area contributed by atoms with Crippen molar-refractivity contribution in [2.45, 2.75) is 13.5 Å². The second kappa shape index (κ2) is 7.05. The van der Waals surface area contributed by atoms with E-state index in [1.807, 2.05) is 12.3 Å². The van der Waals surface area contributed by atoms with Gasteiger partial charge in [-0.3, -0.25) is 9.78 Å². The lowest BCUT2D eigenvalue weighted by Gasteiger charge is -2.08. The van der Waals surface area contributed by atoms with Gasteiger partial charge in [-0.05, 0) is 25.1 Å². The summed E-state index contributed by atoms with van der Waals surface area (Å²) in [7, 11) is 0. The van der Waals surface area contributed by atoms with Crippen molar-refractivity contribution in [3.05, 3.63) is 67.9 Å². The first-order chi connectivity index (χ1) is 13.0. The van der Waals surface area contributed by atoms with Gasteiger partial charge in [-0.15, -0.1) is 11.3 Å². The number of nitrogens with zero attached hydrogens (tertiary/aromatic N) is 3. The van der Waals surface area contributed by atoms with Gasteiger partial charge in [0.25, 0.3) is 5.56 Å². The van der Waals surface area contributed by atoms with E-state index in [1.54, 1.807) is 12.3 Å². The molecule has 0 atom stereocenters. The summed E-state index contributed by atoms with van der Waals surface area (Å²) >= 11 is 7.24. The molecule has 0 aliphatic carbocycles. The number of fused-ring (bicyclic) bond motifs is 1. The first-order valence-electron chi connectivity index (χ1n) is 7.89. The lowest BCUT2D eigenvalue weighted by Crippen LogP contribution is -2.14. The highest BCUT2D eigenvalue weighted by Gasteiger charge is 2.13. The van der Waals surface area contributed by atoms with Crippen LogP contribution in [-0.4, -0.2) is 19.9 Å². The number of benzene rings is 1. The third-order valence-corrected chi connectivity index (χ3v) is 4.86. The second-order valence-corrected chi connectivity index (χ2v) is 7.15. The van der Waals surface area contributed by atoms with E-state index < -0.39 is 5.82 Å². The van der Waals surface area contributed by atoms with Crippen LogP contribution in [0.4, 0.5) is 4.39 Å². The van der Waals surface area contributed by atoms with Gasteiger partial charge in [0.05, 0.1) is 15.4 Å². The molecular weight excluding hydrogens is 391 g/mol. The third kappa shape index (κ3) is 3.54. The Balaban J connectivity index is 1.71. The molecule has 1 N–H and O–H groups in total. The van der Waals surface area contributed by atoms with Crippen molar-refractivity contribution in [1.82, 2.24) is 19.9 Å². The largest absolute Gasteiger partial charge is 0.486 e. The Morgan fingerprint density at radius 3 is 2.89 bits per heavy atom. The summed E-state index contributed by atoms with van der Waals surface area (Å²) in [6.45, 7) is 1.88. The first-order valence-corrected chi connectivity index (χ1v) is 9.15. The van der Waals surface area contributed by atoms with Crippen LogP contribution in [0, 0.1) is 12.7 Å². The van der Waals surface area contributed by atoms with E-state index in [2.05, 4.69) is 19.9 Å². The molecular formula is C18H12ClFN4O2S. The summed E-state index contributed by atoms with van der Waals surface area (Å²) < 4.78 is 18.8. The zero-order valence-electron chi connectivity index (χ0n) is 14.0. The third-order valence-electron chi connectivity index (χ3n) is 3.80. The van der Waals surface area contributed by atoms with Gasteiger partial charge in [-0.25, -0.2) is 14.4 Å². The molecule has 9 heteroatoms. The number of hydrogen-bond acceptors (Lipinski definition) is 6. The standard InChI is InChI=1S/C18H12ClFN4O2S/c1-9-22-14(8-27-9)17-16-11(4-5-21-17)18(25)24-15(23-16)7-26-10-2-3-13(20)12(19)6-10/h2-6,8H,7H2,1H3,(H,23,24,25).